The highest BCUT2D eigenvalue weighted by Crippen LogP contribution is 2.22. The van der Waals surface area contributed by atoms with Crippen molar-refractivity contribution in [2.75, 3.05) is 11.9 Å². The fourth-order valence-electron chi connectivity index (χ4n) is 1.92. The van der Waals surface area contributed by atoms with Gasteiger partial charge in [0.15, 0.2) is 5.13 Å². The SMILES string of the molecule is C[C@H](CCO)NC(=O)Nc1ncc(Cc2ccc(F)cc2F)s1. The summed E-state index contributed by atoms with van der Waals surface area (Å²) in [7, 11) is 0. The Morgan fingerprint density at radius 3 is 2.91 bits per heavy atom. The summed E-state index contributed by atoms with van der Waals surface area (Å²) in [4.78, 5) is 16.5. The van der Waals surface area contributed by atoms with E-state index in [0.29, 0.717) is 17.1 Å². The Kier molecular flexibility index (Phi) is 6.00. The van der Waals surface area contributed by atoms with Gasteiger partial charge in [0.1, 0.15) is 11.6 Å². The van der Waals surface area contributed by atoms with E-state index in [1.54, 1.807) is 13.1 Å². The zero-order valence-electron chi connectivity index (χ0n) is 12.5. The van der Waals surface area contributed by atoms with Crippen LogP contribution in [0, 0.1) is 11.6 Å². The van der Waals surface area contributed by atoms with Gasteiger partial charge in [0.05, 0.1) is 0 Å². The minimum Gasteiger partial charge on any atom is -0.396 e. The second-order valence-electron chi connectivity index (χ2n) is 5.06. The molecule has 2 rings (SSSR count). The molecule has 0 aliphatic rings. The first kappa shape index (κ1) is 17.3. The Hall–Kier alpha value is -2.06. The number of nitrogens with zero attached hydrogens (tertiary/aromatic N) is 1. The third kappa shape index (κ3) is 5.26. The number of aliphatic hydroxyl groups excluding tert-OH is 1. The van der Waals surface area contributed by atoms with Gasteiger partial charge in [-0.15, -0.1) is 11.3 Å². The molecule has 0 saturated carbocycles. The van der Waals surface area contributed by atoms with Gasteiger partial charge in [0, 0.05) is 36.2 Å². The summed E-state index contributed by atoms with van der Waals surface area (Å²) in [5.41, 5.74) is 0.364. The minimum absolute atomic E-state index is 0.00786. The monoisotopic (exact) mass is 341 g/mol. The van der Waals surface area contributed by atoms with Crippen LogP contribution < -0.4 is 10.6 Å². The second-order valence-corrected chi connectivity index (χ2v) is 6.17. The van der Waals surface area contributed by atoms with Gasteiger partial charge in [0.25, 0.3) is 0 Å². The van der Waals surface area contributed by atoms with Crippen molar-refractivity contribution < 1.29 is 18.7 Å². The number of benzene rings is 1. The smallest absolute Gasteiger partial charge is 0.321 e. The molecular weight excluding hydrogens is 324 g/mol. The van der Waals surface area contributed by atoms with Gasteiger partial charge in [-0.3, -0.25) is 5.32 Å². The van der Waals surface area contributed by atoms with Gasteiger partial charge in [-0.1, -0.05) is 6.07 Å². The lowest BCUT2D eigenvalue weighted by atomic mass is 10.1. The predicted molar refractivity (Wildman–Crippen MR) is 84.6 cm³/mol. The topological polar surface area (TPSA) is 74.2 Å². The van der Waals surface area contributed by atoms with Crippen LogP contribution in [0.25, 0.3) is 0 Å². The lowest BCUT2D eigenvalue weighted by Gasteiger charge is -2.11. The molecule has 1 aromatic heterocycles. The number of urea groups is 1. The number of nitrogens with one attached hydrogen (secondary N) is 2. The van der Waals surface area contributed by atoms with Crippen molar-refractivity contribution in [3.8, 4) is 0 Å². The van der Waals surface area contributed by atoms with E-state index in [-0.39, 0.29) is 19.1 Å². The number of amides is 2. The van der Waals surface area contributed by atoms with E-state index in [0.717, 1.165) is 10.9 Å². The Balaban J connectivity index is 1.94. The van der Waals surface area contributed by atoms with Crippen LogP contribution in [0.4, 0.5) is 18.7 Å². The molecule has 124 valence electrons. The van der Waals surface area contributed by atoms with E-state index in [2.05, 4.69) is 15.6 Å². The van der Waals surface area contributed by atoms with E-state index in [1.165, 1.54) is 23.5 Å². The fourth-order valence-corrected chi connectivity index (χ4v) is 2.75. The number of rotatable bonds is 6. The number of hydrogen-bond acceptors (Lipinski definition) is 4. The molecule has 0 aliphatic carbocycles. The largest absolute Gasteiger partial charge is 0.396 e. The molecule has 0 unspecified atom stereocenters. The summed E-state index contributed by atoms with van der Waals surface area (Å²) in [5.74, 6) is -1.23. The maximum atomic E-state index is 13.6. The van der Waals surface area contributed by atoms with Crippen molar-refractivity contribution in [2.45, 2.75) is 25.8 Å². The predicted octanol–water partition coefficient (Wildman–Crippen LogP) is 2.90. The summed E-state index contributed by atoms with van der Waals surface area (Å²) in [6, 6.07) is 2.86. The third-order valence-corrected chi connectivity index (χ3v) is 4.01. The zero-order valence-corrected chi connectivity index (χ0v) is 13.3. The molecule has 1 heterocycles. The van der Waals surface area contributed by atoms with Gasteiger partial charge >= 0.3 is 6.03 Å². The Labute approximate surface area is 136 Å². The van der Waals surface area contributed by atoms with E-state index < -0.39 is 17.7 Å². The molecule has 2 amide bonds. The molecule has 5 nitrogen and oxygen atoms in total. The maximum Gasteiger partial charge on any atom is 0.321 e. The normalized spacial score (nSPS) is 12.0. The molecule has 1 atom stereocenters. The second kappa shape index (κ2) is 7.98. The molecule has 0 spiro atoms. The fraction of sp³-hybridized carbons (Fsp3) is 0.333. The van der Waals surface area contributed by atoms with Crippen LogP contribution in [-0.4, -0.2) is 28.8 Å². The molecule has 23 heavy (non-hydrogen) atoms. The quantitative estimate of drug-likeness (QED) is 0.756. The van der Waals surface area contributed by atoms with Gasteiger partial charge in [-0.05, 0) is 25.0 Å². The average Bonchev–Trinajstić information content (AvgIpc) is 2.89. The Bertz CT molecular complexity index is 678. The van der Waals surface area contributed by atoms with Crippen LogP contribution in [0.5, 0.6) is 0 Å². The molecule has 0 radical (unpaired) electrons. The molecule has 0 bridgehead atoms. The van der Waals surface area contributed by atoms with E-state index in [9.17, 15) is 13.6 Å². The number of carbonyl (C=O) groups excluding carboxylic acids is 1. The first-order chi connectivity index (χ1) is 11.0. The number of hydrogen-bond donors (Lipinski definition) is 3. The first-order valence-electron chi connectivity index (χ1n) is 7.05. The van der Waals surface area contributed by atoms with Crippen LogP contribution in [0.15, 0.2) is 24.4 Å². The molecule has 0 fully saturated rings. The number of anilines is 1. The zero-order chi connectivity index (χ0) is 16.8. The Morgan fingerprint density at radius 2 is 2.22 bits per heavy atom. The van der Waals surface area contributed by atoms with Crippen molar-refractivity contribution in [2.24, 2.45) is 0 Å². The standard InChI is InChI=1S/C15H17F2N3O2S/c1-9(4-5-21)19-14(22)20-15-18-8-12(23-15)6-10-2-3-11(16)7-13(10)17/h2-3,7-9,21H,4-6H2,1H3,(H2,18,19,20,22)/t9-/m1/s1. The molecule has 3 N–H and O–H groups in total. The lowest BCUT2D eigenvalue weighted by Crippen LogP contribution is -2.36. The number of halogens is 2. The highest BCUT2D eigenvalue weighted by atomic mass is 32.1. The molecular formula is C15H17F2N3O2S. The van der Waals surface area contributed by atoms with Crippen LogP contribution in [0.1, 0.15) is 23.8 Å². The van der Waals surface area contributed by atoms with Crippen LogP contribution in [0.2, 0.25) is 0 Å². The van der Waals surface area contributed by atoms with Crippen molar-refractivity contribution in [1.82, 2.24) is 10.3 Å². The van der Waals surface area contributed by atoms with Gasteiger partial charge < -0.3 is 10.4 Å². The van der Waals surface area contributed by atoms with Crippen LogP contribution in [0.3, 0.4) is 0 Å². The maximum absolute atomic E-state index is 13.6. The Morgan fingerprint density at radius 1 is 1.43 bits per heavy atom. The number of aromatic nitrogens is 1. The number of carbonyl (C=O) groups is 1. The number of thiazole rings is 1. The summed E-state index contributed by atoms with van der Waals surface area (Å²) in [5, 5.41) is 14.4. The van der Waals surface area contributed by atoms with Crippen molar-refractivity contribution in [3.63, 3.8) is 0 Å². The highest BCUT2D eigenvalue weighted by molar-refractivity contribution is 7.15. The summed E-state index contributed by atoms with van der Waals surface area (Å²) < 4.78 is 26.5. The van der Waals surface area contributed by atoms with Gasteiger partial charge in [-0.25, -0.2) is 18.6 Å². The molecule has 0 saturated heterocycles. The van der Waals surface area contributed by atoms with Crippen molar-refractivity contribution >= 4 is 22.5 Å². The van der Waals surface area contributed by atoms with Crippen molar-refractivity contribution in [1.29, 1.82) is 0 Å². The molecule has 8 heteroatoms. The van der Waals surface area contributed by atoms with Gasteiger partial charge in [0.2, 0.25) is 0 Å². The minimum atomic E-state index is -0.619. The van der Waals surface area contributed by atoms with E-state index in [1.807, 2.05) is 0 Å². The van der Waals surface area contributed by atoms with Crippen LogP contribution in [-0.2, 0) is 6.42 Å². The molecule has 0 aliphatic heterocycles. The van der Waals surface area contributed by atoms with E-state index >= 15 is 0 Å². The third-order valence-electron chi connectivity index (χ3n) is 3.09. The van der Waals surface area contributed by atoms with Crippen LogP contribution >= 0.6 is 11.3 Å². The van der Waals surface area contributed by atoms with E-state index in [4.69, 9.17) is 5.11 Å². The molecule has 2 aromatic rings. The highest BCUT2D eigenvalue weighted by Gasteiger charge is 2.11. The van der Waals surface area contributed by atoms with Crippen molar-refractivity contribution in [3.05, 3.63) is 46.5 Å². The first-order valence-corrected chi connectivity index (χ1v) is 7.86. The summed E-state index contributed by atoms with van der Waals surface area (Å²) >= 11 is 1.22. The summed E-state index contributed by atoms with van der Waals surface area (Å²) in [6.07, 6.45) is 2.27. The average molecular weight is 341 g/mol. The molecule has 1 aromatic carbocycles. The van der Waals surface area contributed by atoms with Gasteiger partial charge in [-0.2, -0.15) is 0 Å². The lowest BCUT2D eigenvalue weighted by molar-refractivity contribution is 0.241. The summed E-state index contributed by atoms with van der Waals surface area (Å²) in [6.45, 7) is 1.77. The number of aliphatic hydroxyl groups is 1.